The van der Waals surface area contributed by atoms with Crippen LogP contribution in [0.5, 0.6) is 5.75 Å². The number of hydrogen-bond donors (Lipinski definition) is 3. The minimum absolute atomic E-state index is 0. The molecule has 0 bridgehead atoms. The largest absolute Gasteiger partial charge is 0.507 e. The van der Waals surface area contributed by atoms with Crippen LogP contribution >= 0.6 is 28.3 Å². The molecule has 0 aromatic heterocycles. The van der Waals surface area contributed by atoms with E-state index >= 15 is 0 Å². The maximum absolute atomic E-state index is 12.1. The van der Waals surface area contributed by atoms with Crippen molar-refractivity contribution in [3.63, 3.8) is 0 Å². The fourth-order valence-corrected chi connectivity index (χ4v) is 2.58. The Morgan fingerprint density at radius 2 is 2.26 bits per heavy atom. The first-order valence-corrected chi connectivity index (χ1v) is 6.88. The van der Waals surface area contributed by atoms with Gasteiger partial charge in [0.2, 0.25) is 0 Å². The Morgan fingerprint density at radius 3 is 2.95 bits per heavy atom. The van der Waals surface area contributed by atoms with E-state index in [1.54, 1.807) is 12.1 Å². The van der Waals surface area contributed by atoms with Gasteiger partial charge in [0.05, 0.1) is 5.56 Å². The summed E-state index contributed by atoms with van der Waals surface area (Å²) in [6.07, 6.45) is 1.84. The molecule has 1 fully saturated rings. The second-order valence-electron chi connectivity index (χ2n) is 4.71. The van der Waals surface area contributed by atoms with Crippen molar-refractivity contribution in [1.82, 2.24) is 10.6 Å². The molecule has 3 N–H and O–H groups in total. The van der Waals surface area contributed by atoms with Gasteiger partial charge >= 0.3 is 0 Å². The second kappa shape index (κ2) is 7.12. The molecule has 6 heteroatoms. The number of hydrogen-bond acceptors (Lipinski definition) is 3. The first-order chi connectivity index (χ1) is 8.56. The van der Waals surface area contributed by atoms with Gasteiger partial charge in [-0.3, -0.25) is 4.79 Å². The number of carbonyl (C=O) groups excluding carboxylic acids is 1. The molecule has 0 radical (unpaired) electrons. The van der Waals surface area contributed by atoms with Gasteiger partial charge in [-0.2, -0.15) is 0 Å². The molecule has 0 spiro atoms. The number of aromatic hydroxyl groups is 1. The third-order valence-electron chi connectivity index (χ3n) is 3.16. The number of piperidine rings is 1. The first kappa shape index (κ1) is 16.3. The predicted molar refractivity (Wildman–Crippen MR) is 81.0 cm³/mol. The smallest absolute Gasteiger partial charge is 0.255 e. The molecule has 4 nitrogen and oxygen atoms in total. The fourth-order valence-electron chi connectivity index (χ4n) is 2.22. The summed E-state index contributed by atoms with van der Waals surface area (Å²) in [5.41, 5.74) is 0.315. The molecule has 1 heterocycles. The maximum atomic E-state index is 12.1. The van der Waals surface area contributed by atoms with E-state index < -0.39 is 0 Å². The van der Waals surface area contributed by atoms with Crippen molar-refractivity contribution in [2.24, 2.45) is 0 Å². The van der Waals surface area contributed by atoms with E-state index in [1.165, 1.54) is 6.07 Å². The second-order valence-corrected chi connectivity index (χ2v) is 5.63. The van der Waals surface area contributed by atoms with Crippen molar-refractivity contribution >= 4 is 34.2 Å². The third kappa shape index (κ3) is 4.37. The Balaban J connectivity index is 0.00000180. The number of halogens is 2. The Morgan fingerprint density at radius 1 is 1.53 bits per heavy atom. The van der Waals surface area contributed by atoms with E-state index in [2.05, 4.69) is 33.5 Å². The van der Waals surface area contributed by atoms with Gasteiger partial charge in [0.15, 0.2) is 0 Å². The summed E-state index contributed by atoms with van der Waals surface area (Å²) >= 11 is 3.30. The van der Waals surface area contributed by atoms with Crippen LogP contribution in [0.2, 0.25) is 0 Å². The highest BCUT2D eigenvalue weighted by molar-refractivity contribution is 9.10. The lowest BCUT2D eigenvalue weighted by atomic mass is 10.00. The SMILES string of the molecule is CC1CC(NC(=O)c2cc(Br)ccc2O)CCN1.Cl. The predicted octanol–water partition coefficient (Wildman–Crippen LogP) is 2.45. The zero-order valence-electron chi connectivity index (χ0n) is 10.6. The van der Waals surface area contributed by atoms with Crippen LogP contribution in [0.1, 0.15) is 30.1 Å². The first-order valence-electron chi connectivity index (χ1n) is 6.09. The summed E-state index contributed by atoms with van der Waals surface area (Å²) in [5, 5.41) is 16.0. The fraction of sp³-hybridized carbons (Fsp3) is 0.462. The highest BCUT2D eigenvalue weighted by Gasteiger charge is 2.21. The summed E-state index contributed by atoms with van der Waals surface area (Å²) in [6, 6.07) is 5.45. The van der Waals surface area contributed by atoms with E-state index in [-0.39, 0.29) is 30.1 Å². The summed E-state index contributed by atoms with van der Waals surface area (Å²) in [5.74, 6) is -0.203. The van der Waals surface area contributed by atoms with Crippen molar-refractivity contribution in [3.05, 3.63) is 28.2 Å². The highest BCUT2D eigenvalue weighted by Crippen LogP contribution is 2.22. The van der Waals surface area contributed by atoms with Gasteiger partial charge < -0.3 is 15.7 Å². The highest BCUT2D eigenvalue weighted by atomic mass is 79.9. The number of benzene rings is 1. The minimum Gasteiger partial charge on any atom is -0.507 e. The van der Waals surface area contributed by atoms with Crippen LogP contribution in [0.15, 0.2) is 22.7 Å². The molecule has 1 aromatic carbocycles. The molecule has 106 valence electrons. The molecule has 1 amide bonds. The van der Waals surface area contributed by atoms with Crippen LogP contribution in [-0.2, 0) is 0 Å². The number of nitrogens with one attached hydrogen (secondary N) is 2. The van der Waals surface area contributed by atoms with Crippen LogP contribution in [0.25, 0.3) is 0 Å². The van der Waals surface area contributed by atoms with E-state index in [1.807, 2.05) is 0 Å². The standard InChI is InChI=1S/C13H17BrN2O2.ClH/c1-8-6-10(4-5-15-8)16-13(18)11-7-9(14)2-3-12(11)17;/h2-3,7-8,10,15,17H,4-6H2,1H3,(H,16,18);1H. The topological polar surface area (TPSA) is 61.4 Å². The van der Waals surface area contributed by atoms with Gasteiger partial charge in [-0.15, -0.1) is 12.4 Å². The van der Waals surface area contributed by atoms with Crippen LogP contribution in [0.3, 0.4) is 0 Å². The number of phenols is 1. The van der Waals surface area contributed by atoms with Crippen molar-refractivity contribution in [3.8, 4) is 5.75 Å². The molecule has 19 heavy (non-hydrogen) atoms. The van der Waals surface area contributed by atoms with Gasteiger partial charge in [-0.1, -0.05) is 15.9 Å². The van der Waals surface area contributed by atoms with Gasteiger partial charge in [0.1, 0.15) is 5.75 Å². The number of rotatable bonds is 2. The molecule has 1 aliphatic heterocycles. The molecule has 1 aliphatic rings. The van der Waals surface area contributed by atoms with Crippen molar-refractivity contribution < 1.29 is 9.90 Å². The average Bonchev–Trinajstić information content (AvgIpc) is 2.32. The van der Waals surface area contributed by atoms with Gasteiger partial charge in [-0.25, -0.2) is 0 Å². The van der Waals surface area contributed by atoms with Crippen LogP contribution in [0.4, 0.5) is 0 Å². The number of carbonyl (C=O) groups is 1. The zero-order valence-corrected chi connectivity index (χ0v) is 13.1. The lowest BCUT2D eigenvalue weighted by molar-refractivity contribution is 0.0923. The summed E-state index contributed by atoms with van der Waals surface area (Å²) < 4.78 is 0.782. The van der Waals surface area contributed by atoms with Crippen molar-refractivity contribution in [1.29, 1.82) is 0 Å². The summed E-state index contributed by atoms with van der Waals surface area (Å²) in [4.78, 5) is 12.1. The molecule has 2 unspecified atom stereocenters. The molecule has 0 saturated carbocycles. The maximum Gasteiger partial charge on any atom is 0.255 e. The van der Waals surface area contributed by atoms with Gasteiger partial charge in [0.25, 0.3) is 5.91 Å². The molecule has 2 rings (SSSR count). The van der Waals surface area contributed by atoms with Crippen LogP contribution < -0.4 is 10.6 Å². The van der Waals surface area contributed by atoms with Crippen molar-refractivity contribution in [2.45, 2.75) is 31.8 Å². The summed E-state index contributed by atoms with van der Waals surface area (Å²) in [6.45, 7) is 3.02. The number of amides is 1. The zero-order chi connectivity index (χ0) is 13.1. The normalized spacial score (nSPS) is 22.4. The van der Waals surface area contributed by atoms with Crippen LogP contribution in [0, 0.1) is 0 Å². The van der Waals surface area contributed by atoms with E-state index in [0.29, 0.717) is 11.6 Å². The van der Waals surface area contributed by atoms with Crippen LogP contribution in [-0.4, -0.2) is 29.6 Å². The third-order valence-corrected chi connectivity index (χ3v) is 3.66. The molecule has 2 atom stereocenters. The minimum atomic E-state index is -0.215. The van der Waals surface area contributed by atoms with E-state index in [0.717, 1.165) is 23.9 Å². The number of phenolic OH excluding ortho intramolecular Hbond substituents is 1. The Hall–Kier alpha value is -0.780. The quantitative estimate of drug-likeness (QED) is 0.768. The van der Waals surface area contributed by atoms with Gasteiger partial charge in [0, 0.05) is 16.6 Å². The summed E-state index contributed by atoms with van der Waals surface area (Å²) in [7, 11) is 0. The molecular formula is C13H18BrClN2O2. The Bertz CT molecular complexity index is 456. The molecule has 0 aliphatic carbocycles. The monoisotopic (exact) mass is 348 g/mol. The van der Waals surface area contributed by atoms with E-state index in [4.69, 9.17) is 0 Å². The van der Waals surface area contributed by atoms with Gasteiger partial charge in [-0.05, 0) is 44.5 Å². The average molecular weight is 350 g/mol. The molecule has 1 saturated heterocycles. The molecular weight excluding hydrogens is 332 g/mol. The molecule has 1 aromatic rings. The lowest BCUT2D eigenvalue weighted by Crippen LogP contribution is -2.46. The van der Waals surface area contributed by atoms with Crippen molar-refractivity contribution in [2.75, 3.05) is 6.54 Å². The Kier molecular flexibility index (Phi) is 6.10. The van der Waals surface area contributed by atoms with E-state index in [9.17, 15) is 9.90 Å². The Labute approximate surface area is 127 Å². The lowest BCUT2D eigenvalue weighted by Gasteiger charge is -2.28.